The zero-order valence-corrected chi connectivity index (χ0v) is 21.1. The van der Waals surface area contributed by atoms with Gasteiger partial charge in [0, 0.05) is 22.8 Å². The first-order valence-corrected chi connectivity index (χ1v) is 12.2. The molecule has 0 aliphatic heterocycles. The number of alkyl halides is 3. The number of nitrogens with zero attached hydrogens (tertiary/aromatic N) is 4. The Hall–Kier alpha value is -3.64. The Morgan fingerprint density at radius 2 is 2.05 bits per heavy atom. The average molecular weight is 551 g/mol. The number of carbonyl (C=O) groups is 1. The number of carboxylic acid groups (broad SMARTS) is 1. The molecule has 0 fully saturated rings. The summed E-state index contributed by atoms with van der Waals surface area (Å²) in [5.41, 5.74) is 13.1. The quantitative estimate of drug-likeness (QED) is 0.360. The van der Waals surface area contributed by atoms with Gasteiger partial charge in [0.15, 0.2) is 0 Å². The Kier molecular flexibility index (Phi) is 7.93. The second kappa shape index (κ2) is 11.0. The highest BCUT2D eigenvalue weighted by Gasteiger charge is 2.45. The third-order valence-corrected chi connectivity index (χ3v) is 6.49. The van der Waals surface area contributed by atoms with Crippen molar-refractivity contribution >= 4 is 29.1 Å². The summed E-state index contributed by atoms with van der Waals surface area (Å²) in [5.74, 6) is -1.57. The molecule has 1 aromatic carbocycles. The largest absolute Gasteiger partial charge is 0.480 e. The number of nitrogens with two attached hydrogens (primary N) is 2. The number of ether oxygens (including phenoxy) is 1. The number of hydrogen-bond acceptors (Lipinski definition) is 7. The van der Waals surface area contributed by atoms with Gasteiger partial charge >= 0.3 is 12.1 Å². The van der Waals surface area contributed by atoms with Crippen LogP contribution in [-0.4, -0.2) is 43.0 Å². The van der Waals surface area contributed by atoms with Crippen LogP contribution in [-0.2, 0) is 4.79 Å². The van der Waals surface area contributed by atoms with Crippen LogP contribution in [0.4, 0.5) is 19.1 Å². The summed E-state index contributed by atoms with van der Waals surface area (Å²) in [4.78, 5) is 19.1. The Balaban J connectivity index is 1.63. The van der Waals surface area contributed by atoms with Crippen molar-refractivity contribution in [3.8, 4) is 11.6 Å². The molecule has 4 rings (SSSR count). The maximum absolute atomic E-state index is 14.3. The Bertz CT molecular complexity index is 1360. The highest BCUT2D eigenvalue weighted by atomic mass is 35.5. The average Bonchev–Trinajstić information content (AvgIpc) is 3.28. The molecule has 0 spiro atoms. The fourth-order valence-electron chi connectivity index (χ4n) is 4.38. The molecule has 1 aliphatic carbocycles. The molecule has 0 radical (unpaired) electrons. The van der Waals surface area contributed by atoms with Gasteiger partial charge in [-0.15, -0.1) is 0 Å². The summed E-state index contributed by atoms with van der Waals surface area (Å²) < 4.78 is 49.7. The highest BCUT2D eigenvalue weighted by Crippen LogP contribution is 2.40. The van der Waals surface area contributed by atoms with Crippen molar-refractivity contribution in [2.24, 2.45) is 11.7 Å². The maximum Gasteiger partial charge on any atom is 0.429 e. The zero-order valence-electron chi connectivity index (χ0n) is 20.3. The first kappa shape index (κ1) is 27.4. The molecule has 0 amide bonds. The number of halogens is 4. The number of allylic oxidation sites excluding steroid dienone is 2. The number of aliphatic carboxylic acids is 1. The number of rotatable bonds is 8. The minimum Gasteiger partial charge on any atom is -0.480 e. The molecule has 0 saturated heterocycles. The molecule has 3 aromatic rings. The van der Waals surface area contributed by atoms with Crippen LogP contribution in [0.25, 0.3) is 11.3 Å². The lowest BCUT2D eigenvalue weighted by Gasteiger charge is -2.25. The van der Waals surface area contributed by atoms with Crippen molar-refractivity contribution in [2.45, 2.75) is 50.9 Å². The fourth-order valence-corrected chi connectivity index (χ4v) is 4.54. The van der Waals surface area contributed by atoms with Crippen LogP contribution >= 0.6 is 11.6 Å². The second-order valence-corrected chi connectivity index (χ2v) is 9.58. The van der Waals surface area contributed by atoms with Crippen LogP contribution in [0.15, 0.2) is 42.6 Å². The van der Waals surface area contributed by atoms with Crippen molar-refractivity contribution in [3.05, 3.63) is 64.6 Å². The fraction of sp³-hybridized carbons (Fsp3) is 0.360. The second-order valence-electron chi connectivity index (χ2n) is 9.14. The predicted octanol–water partition coefficient (Wildman–Crippen LogP) is 4.87. The summed E-state index contributed by atoms with van der Waals surface area (Å²) in [7, 11) is 0. The van der Waals surface area contributed by atoms with Crippen LogP contribution in [0.1, 0.15) is 48.7 Å². The summed E-state index contributed by atoms with van der Waals surface area (Å²) >= 11 is 6.09. The minimum absolute atomic E-state index is 0.0728. The highest BCUT2D eigenvalue weighted by molar-refractivity contribution is 6.30. The van der Waals surface area contributed by atoms with Gasteiger partial charge < -0.3 is 21.3 Å². The number of anilines is 1. The molecule has 13 heteroatoms. The number of hydrogen-bond donors (Lipinski definition) is 3. The molecule has 202 valence electrons. The lowest BCUT2D eigenvalue weighted by molar-refractivity contribution is -0.198. The summed E-state index contributed by atoms with van der Waals surface area (Å²) in [6.07, 6.45) is -1.76. The van der Waals surface area contributed by atoms with E-state index < -0.39 is 24.3 Å². The predicted molar refractivity (Wildman–Crippen MR) is 135 cm³/mol. The molecule has 3 atom stereocenters. The zero-order chi connectivity index (χ0) is 27.6. The summed E-state index contributed by atoms with van der Waals surface area (Å²) in [5, 5.41) is 13.5. The Labute approximate surface area is 221 Å². The molecule has 2 heterocycles. The van der Waals surface area contributed by atoms with Gasteiger partial charge in [0.2, 0.25) is 17.9 Å². The van der Waals surface area contributed by atoms with Gasteiger partial charge in [0.1, 0.15) is 6.04 Å². The third-order valence-electron chi connectivity index (χ3n) is 6.25. The summed E-state index contributed by atoms with van der Waals surface area (Å²) in [6, 6.07) is 5.99. The van der Waals surface area contributed by atoms with Gasteiger partial charge in [0.25, 0.3) is 0 Å². The Morgan fingerprint density at radius 3 is 2.66 bits per heavy atom. The van der Waals surface area contributed by atoms with Gasteiger partial charge in [-0.1, -0.05) is 23.7 Å². The molecular formula is C25H26ClF3N6O3. The van der Waals surface area contributed by atoms with E-state index in [2.05, 4.69) is 15.1 Å². The van der Waals surface area contributed by atoms with Gasteiger partial charge in [-0.05, 0) is 62.3 Å². The number of carboxylic acids is 1. The van der Waals surface area contributed by atoms with E-state index in [0.29, 0.717) is 37.1 Å². The number of aromatic nitrogens is 4. The van der Waals surface area contributed by atoms with Crippen LogP contribution in [0.3, 0.4) is 0 Å². The van der Waals surface area contributed by atoms with E-state index in [-0.39, 0.29) is 34.0 Å². The van der Waals surface area contributed by atoms with E-state index in [4.69, 9.17) is 32.9 Å². The molecule has 38 heavy (non-hydrogen) atoms. The van der Waals surface area contributed by atoms with Gasteiger partial charge in [-0.2, -0.15) is 23.3 Å². The van der Waals surface area contributed by atoms with Crippen molar-refractivity contribution < 1.29 is 27.8 Å². The lowest BCUT2D eigenvalue weighted by atomic mass is 9.84. The summed E-state index contributed by atoms with van der Waals surface area (Å²) in [6.45, 7) is 1.71. The maximum atomic E-state index is 14.3. The monoisotopic (exact) mass is 550 g/mol. The molecule has 0 bridgehead atoms. The van der Waals surface area contributed by atoms with E-state index in [1.165, 1.54) is 35.1 Å². The smallest absolute Gasteiger partial charge is 0.429 e. The molecule has 9 nitrogen and oxygen atoms in total. The molecule has 0 saturated carbocycles. The minimum atomic E-state index is -4.81. The van der Waals surface area contributed by atoms with Gasteiger partial charge in [-0.25, -0.2) is 9.67 Å². The van der Waals surface area contributed by atoms with Crippen LogP contribution in [0, 0.1) is 12.8 Å². The molecule has 5 N–H and O–H groups in total. The SMILES string of the molecule is Cc1ccn(-c2cc(Cl)ccc2C(Oc2cc(C3=CC[C@@H](CC(N)C(=O)O)CC3)nc(N)n2)C(F)(F)F)n1. The standard InChI is InChI=1S/C25H26ClF3N6O3/c1-13-8-9-35(34-13)20-11-16(26)6-7-17(20)22(25(27,28)29)38-21-12-19(32-24(31)33-21)15-4-2-14(3-5-15)10-18(30)23(36)37/h4,6-9,11-12,14,18,22H,2-3,5,10,30H2,1H3,(H,36,37)(H2,31,32,33)/t14-,18?,22?/m1/s1. The van der Waals surface area contributed by atoms with Crippen molar-refractivity contribution in [1.82, 2.24) is 19.7 Å². The molecular weight excluding hydrogens is 525 g/mol. The first-order chi connectivity index (χ1) is 17.9. The first-order valence-electron chi connectivity index (χ1n) is 11.8. The van der Waals surface area contributed by atoms with E-state index in [1.54, 1.807) is 13.0 Å². The third kappa shape index (κ3) is 6.43. The van der Waals surface area contributed by atoms with Crippen LogP contribution < -0.4 is 16.2 Å². The molecule has 2 unspecified atom stereocenters. The van der Waals surface area contributed by atoms with Gasteiger partial charge in [0.05, 0.1) is 17.1 Å². The van der Waals surface area contributed by atoms with Crippen LogP contribution in [0.2, 0.25) is 5.02 Å². The van der Waals surface area contributed by atoms with Crippen molar-refractivity contribution in [3.63, 3.8) is 0 Å². The van der Waals surface area contributed by atoms with Crippen molar-refractivity contribution in [2.75, 3.05) is 5.73 Å². The van der Waals surface area contributed by atoms with E-state index in [0.717, 1.165) is 5.57 Å². The molecule has 2 aromatic heterocycles. The van der Waals surface area contributed by atoms with E-state index in [1.807, 2.05) is 6.08 Å². The van der Waals surface area contributed by atoms with Crippen LogP contribution in [0.5, 0.6) is 5.88 Å². The van der Waals surface area contributed by atoms with Crippen molar-refractivity contribution in [1.29, 1.82) is 0 Å². The van der Waals surface area contributed by atoms with Gasteiger partial charge in [-0.3, -0.25) is 4.79 Å². The number of aryl methyl sites for hydroxylation is 1. The Morgan fingerprint density at radius 1 is 1.29 bits per heavy atom. The number of nitrogen functional groups attached to an aromatic ring is 1. The normalized spacial score (nSPS) is 17.5. The topological polar surface area (TPSA) is 142 Å². The van der Waals surface area contributed by atoms with E-state index in [9.17, 15) is 18.0 Å². The molecule has 1 aliphatic rings. The lowest BCUT2D eigenvalue weighted by Crippen LogP contribution is -2.32. The number of benzene rings is 1. The van der Waals surface area contributed by atoms with E-state index >= 15 is 0 Å².